The molecule has 1 saturated carbocycles. The summed E-state index contributed by atoms with van der Waals surface area (Å²) in [5, 5.41) is 22.7. The molecule has 0 saturated heterocycles. The van der Waals surface area contributed by atoms with E-state index in [2.05, 4.69) is 5.10 Å². The van der Waals surface area contributed by atoms with Gasteiger partial charge in [-0.3, -0.25) is 9.48 Å². The van der Waals surface area contributed by atoms with E-state index in [0.29, 0.717) is 12.8 Å². The number of aliphatic hydroxyl groups is 1. The number of aliphatic carboxylic acids is 1. The van der Waals surface area contributed by atoms with Crippen molar-refractivity contribution < 1.29 is 23.4 Å². The van der Waals surface area contributed by atoms with Crippen molar-refractivity contribution in [2.24, 2.45) is 0 Å². The molecule has 1 aliphatic carbocycles. The Morgan fingerprint density at radius 1 is 1.48 bits per heavy atom. The molecule has 1 fully saturated rings. The second-order valence-corrected chi connectivity index (χ2v) is 7.50. The summed E-state index contributed by atoms with van der Waals surface area (Å²) in [5.41, 5.74) is -0.973. The highest BCUT2D eigenvalue weighted by Gasteiger charge is 2.36. The van der Waals surface area contributed by atoms with E-state index >= 15 is 0 Å². The van der Waals surface area contributed by atoms with Gasteiger partial charge in [-0.25, -0.2) is 8.42 Å². The minimum Gasteiger partial charge on any atom is -0.480 e. The third kappa shape index (κ3) is 3.60. The van der Waals surface area contributed by atoms with Gasteiger partial charge in [0.2, 0.25) is 10.0 Å². The highest BCUT2D eigenvalue weighted by atomic mass is 32.2. The number of aromatic nitrogens is 2. The molecule has 21 heavy (non-hydrogen) atoms. The van der Waals surface area contributed by atoms with Crippen LogP contribution in [0.5, 0.6) is 0 Å². The Bertz CT molecular complexity index is 619. The van der Waals surface area contributed by atoms with Gasteiger partial charge in [0.1, 0.15) is 11.4 Å². The molecular formula is C12H19N3O5S. The summed E-state index contributed by atoms with van der Waals surface area (Å²) in [6.45, 7) is -0.372. The van der Waals surface area contributed by atoms with Crippen LogP contribution in [0, 0.1) is 0 Å². The first kappa shape index (κ1) is 15.9. The lowest BCUT2D eigenvalue weighted by Crippen LogP contribution is -2.41. The molecule has 2 rings (SSSR count). The third-order valence-corrected chi connectivity index (χ3v) is 5.42. The van der Waals surface area contributed by atoms with Crippen LogP contribution >= 0.6 is 0 Å². The first-order valence-corrected chi connectivity index (χ1v) is 8.10. The van der Waals surface area contributed by atoms with Crippen LogP contribution in [0.15, 0.2) is 17.3 Å². The van der Waals surface area contributed by atoms with Crippen molar-refractivity contribution in [3.63, 3.8) is 0 Å². The Kier molecular flexibility index (Phi) is 4.35. The van der Waals surface area contributed by atoms with Gasteiger partial charge in [-0.2, -0.15) is 9.40 Å². The van der Waals surface area contributed by atoms with Gasteiger partial charge in [-0.05, 0) is 12.8 Å². The van der Waals surface area contributed by atoms with E-state index in [0.717, 1.165) is 28.0 Å². The Morgan fingerprint density at radius 2 is 2.10 bits per heavy atom. The maximum Gasteiger partial charge on any atom is 0.325 e. The second-order valence-electron chi connectivity index (χ2n) is 5.46. The zero-order chi connectivity index (χ0) is 15.7. The quantitative estimate of drug-likeness (QED) is 0.757. The molecule has 0 unspecified atom stereocenters. The maximum atomic E-state index is 12.4. The molecule has 0 amide bonds. The smallest absolute Gasteiger partial charge is 0.325 e. The predicted molar refractivity (Wildman–Crippen MR) is 73.1 cm³/mol. The van der Waals surface area contributed by atoms with Gasteiger partial charge < -0.3 is 10.2 Å². The molecule has 8 nitrogen and oxygen atoms in total. The molecule has 1 aliphatic rings. The van der Waals surface area contributed by atoms with Crippen molar-refractivity contribution in [1.29, 1.82) is 0 Å². The fourth-order valence-electron chi connectivity index (χ4n) is 2.57. The van der Waals surface area contributed by atoms with Gasteiger partial charge in [0.25, 0.3) is 0 Å². The highest BCUT2D eigenvalue weighted by molar-refractivity contribution is 7.89. The summed E-state index contributed by atoms with van der Waals surface area (Å²) in [6, 6.07) is 0. The minimum atomic E-state index is -3.78. The van der Waals surface area contributed by atoms with Crippen LogP contribution in [0.25, 0.3) is 0 Å². The average Bonchev–Trinajstić information content (AvgIpc) is 2.98. The zero-order valence-corrected chi connectivity index (χ0v) is 12.6. The lowest BCUT2D eigenvalue weighted by Gasteiger charge is -2.27. The van der Waals surface area contributed by atoms with Gasteiger partial charge >= 0.3 is 5.97 Å². The standard InChI is InChI=1S/C12H19N3O5S/c1-14(9-12(18)4-2-3-5-12)21(19,20)10-6-13-15(7-10)8-11(16)17/h6-7,18H,2-5,8-9H2,1H3,(H,16,17). The third-order valence-electron chi connectivity index (χ3n) is 3.67. The molecule has 1 aromatic rings. The van der Waals surface area contributed by atoms with Crippen LogP contribution in [-0.4, -0.2) is 57.9 Å². The number of likely N-dealkylation sites (N-methyl/N-ethyl adjacent to an activating group) is 1. The Hall–Kier alpha value is -1.45. The number of carboxylic acid groups (broad SMARTS) is 1. The van der Waals surface area contributed by atoms with Gasteiger partial charge in [0.15, 0.2) is 0 Å². The Morgan fingerprint density at radius 3 is 2.67 bits per heavy atom. The van der Waals surface area contributed by atoms with Crippen molar-refractivity contribution >= 4 is 16.0 Å². The molecule has 0 spiro atoms. The van der Waals surface area contributed by atoms with E-state index in [4.69, 9.17) is 5.11 Å². The summed E-state index contributed by atoms with van der Waals surface area (Å²) in [4.78, 5) is 10.5. The lowest BCUT2D eigenvalue weighted by molar-refractivity contribution is -0.137. The first-order chi connectivity index (χ1) is 9.73. The number of carboxylic acids is 1. The first-order valence-electron chi connectivity index (χ1n) is 6.66. The normalized spacial score (nSPS) is 18.2. The lowest BCUT2D eigenvalue weighted by atomic mass is 10.0. The van der Waals surface area contributed by atoms with E-state index < -0.39 is 28.1 Å². The largest absolute Gasteiger partial charge is 0.480 e. The fourth-order valence-corrected chi connectivity index (χ4v) is 3.78. The summed E-state index contributed by atoms with van der Waals surface area (Å²) in [5.74, 6) is -1.10. The van der Waals surface area contributed by atoms with Gasteiger partial charge in [-0.1, -0.05) is 12.8 Å². The maximum absolute atomic E-state index is 12.4. The second kappa shape index (κ2) is 5.74. The summed E-state index contributed by atoms with van der Waals surface area (Å²) in [7, 11) is -2.38. The van der Waals surface area contributed by atoms with Gasteiger partial charge in [-0.15, -0.1) is 0 Å². The molecule has 0 atom stereocenters. The van der Waals surface area contributed by atoms with Crippen LogP contribution < -0.4 is 0 Å². The zero-order valence-electron chi connectivity index (χ0n) is 11.8. The van der Waals surface area contributed by atoms with Crippen LogP contribution in [0.3, 0.4) is 0 Å². The van der Waals surface area contributed by atoms with Crippen LogP contribution in [0.4, 0.5) is 0 Å². The molecular weight excluding hydrogens is 298 g/mol. The molecule has 0 aromatic carbocycles. The summed E-state index contributed by atoms with van der Waals surface area (Å²) < 4.78 is 26.9. The Labute approximate surface area is 123 Å². The van der Waals surface area contributed by atoms with Crippen molar-refractivity contribution in [1.82, 2.24) is 14.1 Å². The fraction of sp³-hybridized carbons (Fsp3) is 0.667. The minimum absolute atomic E-state index is 0.0272. The van der Waals surface area contributed by atoms with Crippen molar-refractivity contribution in [3.8, 4) is 0 Å². The summed E-state index contributed by atoms with van der Waals surface area (Å²) in [6.07, 6.45) is 5.25. The predicted octanol–water partition coefficient (Wildman–Crippen LogP) is -0.107. The molecule has 0 bridgehead atoms. The monoisotopic (exact) mass is 317 g/mol. The van der Waals surface area contributed by atoms with Crippen LogP contribution in [0.2, 0.25) is 0 Å². The molecule has 118 valence electrons. The number of hydrogen-bond acceptors (Lipinski definition) is 5. The molecule has 9 heteroatoms. The number of hydrogen-bond donors (Lipinski definition) is 2. The molecule has 1 heterocycles. The number of nitrogens with zero attached hydrogens (tertiary/aromatic N) is 3. The van der Waals surface area contributed by atoms with Crippen molar-refractivity contribution in [2.45, 2.75) is 42.7 Å². The van der Waals surface area contributed by atoms with Crippen molar-refractivity contribution in [2.75, 3.05) is 13.6 Å². The molecule has 1 aromatic heterocycles. The molecule has 0 radical (unpaired) electrons. The number of carbonyl (C=O) groups is 1. The van der Waals surface area contributed by atoms with E-state index in [1.54, 1.807) is 0 Å². The molecule has 0 aliphatic heterocycles. The topological polar surface area (TPSA) is 113 Å². The SMILES string of the molecule is CN(CC1(O)CCCC1)S(=O)(=O)c1cnn(CC(=O)O)c1. The van der Waals surface area contributed by atoms with Gasteiger partial charge in [0.05, 0.1) is 11.8 Å². The van der Waals surface area contributed by atoms with Crippen LogP contribution in [-0.2, 0) is 21.4 Å². The molecule has 2 N–H and O–H groups in total. The highest BCUT2D eigenvalue weighted by Crippen LogP contribution is 2.31. The van der Waals surface area contributed by atoms with Gasteiger partial charge in [0, 0.05) is 19.8 Å². The van der Waals surface area contributed by atoms with Crippen molar-refractivity contribution in [3.05, 3.63) is 12.4 Å². The van der Waals surface area contributed by atoms with E-state index in [1.165, 1.54) is 13.2 Å². The van der Waals surface area contributed by atoms with E-state index in [1.807, 2.05) is 0 Å². The average molecular weight is 317 g/mol. The number of sulfonamides is 1. The van der Waals surface area contributed by atoms with Crippen LogP contribution in [0.1, 0.15) is 25.7 Å². The number of rotatable bonds is 6. The summed E-state index contributed by atoms with van der Waals surface area (Å²) >= 11 is 0. The Balaban J connectivity index is 2.13. The van der Waals surface area contributed by atoms with E-state index in [9.17, 15) is 18.3 Å². The van der Waals surface area contributed by atoms with E-state index in [-0.39, 0.29) is 11.4 Å².